The van der Waals surface area contributed by atoms with E-state index >= 15 is 0 Å². The molecule has 0 saturated heterocycles. The Kier molecular flexibility index (Phi) is 6.40. The third-order valence-corrected chi connectivity index (χ3v) is 4.19. The molecule has 0 fully saturated rings. The second kappa shape index (κ2) is 8.31. The Bertz CT molecular complexity index is 746. The van der Waals surface area contributed by atoms with Crippen LogP contribution in [0.2, 0.25) is 5.02 Å². The molecule has 0 spiro atoms. The number of nitrogens with zero attached hydrogens (tertiary/aromatic N) is 1. The third kappa shape index (κ3) is 5.08. The number of carbonyl (C=O) groups excluding carboxylic acids is 2. The van der Waals surface area contributed by atoms with Crippen LogP contribution < -0.4 is 4.74 Å². The van der Waals surface area contributed by atoms with Crippen molar-refractivity contribution in [2.45, 2.75) is 13.5 Å². The maximum absolute atomic E-state index is 12.2. The fourth-order valence-corrected chi connectivity index (χ4v) is 2.54. The first kappa shape index (κ1) is 18.5. The lowest BCUT2D eigenvalue weighted by Crippen LogP contribution is -2.31. The van der Waals surface area contributed by atoms with Gasteiger partial charge in [-0.25, -0.2) is 0 Å². The van der Waals surface area contributed by atoms with Gasteiger partial charge in [-0.3, -0.25) is 9.59 Å². The Morgan fingerprint density at radius 2 is 1.83 bits per heavy atom. The van der Waals surface area contributed by atoms with Crippen molar-refractivity contribution in [2.24, 2.45) is 0 Å². The maximum atomic E-state index is 12.2. The van der Waals surface area contributed by atoms with E-state index in [0.29, 0.717) is 22.9 Å². The largest absolute Gasteiger partial charge is 0.483 e. The number of benzene rings is 2. The fraction of sp³-hybridized carbons (Fsp3) is 0.222. The third-order valence-electron chi connectivity index (χ3n) is 3.43. The quantitative estimate of drug-likeness (QED) is 0.665. The summed E-state index contributed by atoms with van der Waals surface area (Å²) < 4.78 is 6.50. The van der Waals surface area contributed by atoms with Crippen LogP contribution in [0, 0.1) is 0 Å². The number of likely N-dealkylation sites (N-methyl/N-ethyl adjacent to an activating group) is 1. The molecule has 0 aliphatic heterocycles. The van der Waals surface area contributed by atoms with Crippen molar-refractivity contribution < 1.29 is 14.3 Å². The normalized spacial score (nSPS) is 10.3. The summed E-state index contributed by atoms with van der Waals surface area (Å²) in [5, 5.41) is 0.450. The number of rotatable bonds is 6. The van der Waals surface area contributed by atoms with Crippen molar-refractivity contribution in [3.8, 4) is 5.75 Å². The van der Waals surface area contributed by atoms with Gasteiger partial charge in [-0.2, -0.15) is 0 Å². The van der Waals surface area contributed by atoms with E-state index in [4.69, 9.17) is 16.3 Å². The van der Waals surface area contributed by atoms with Crippen LogP contribution in [0.15, 0.2) is 46.9 Å². The van der Waals surface area contributed by atoms with Crippen LogP contribution in [0.25, 0.3) is 0 Å². The SMILES string of the molecule is CC(=O)c1cc(Cl)ccc1OCC(=O)N(C)Cc1ccc(Br)cc1. The van der Waals surface area contributed by atoms with E-state index in [0.717, 1.165) is 10.0 Å². The van der Waals surface area contributed by atoms with E-state index in [1.807, 2.05) is 24.3 Å². The molecule has 0 aliphatic carbocycles. The van der Waals surface area contributed by atoms with Crippen LogP contribution in [0.4, 0.5) is 0 Å². The lowest BCUT2D eigenvalue weighted by atomic mass is 10.1. The Labute approximate surface area is 154 Å². The summed E-state index contributed by atoms with van der Waals surface area (Å²) in [5.41, 5.74) is 1.39. The molecule has 0 unspecified atom stereocenters. The lowest BCUT2D eigenvalue weighted by Gasteiger charge is -2.18. The minimum Gasteiger partial charge on any atom is -0.483 e. The molecule has 2 aromatic rings. The van der Waals surface area contributed by atoms with Gasteiger partial charge in [0.2, 0.25) is 0 Å². The predicted octanol–water partition coefficient (Wildman–Crippen LogP) is 4.34. The lowest BCUT2D eigenvalue weighted by molar-refractivity contribution is -0.132. The average molecular weight is 411 g/mol. The minimum atomic E-state index is -0.178. The van der Waals surface area contributed by atoms with Crippen LogP contribution in [0.3, 0.4) is 0 Å². The minimum absolute atomic E-state index is 0.144. The molecule has 0 bridgehead atoms. The van der Waals surface area contributed by atoms with E-state index in [-0.39, 0.29) is 18.3 Å². The summed E-state index contributed by atoms with van der Waals surface area (Å²) in [6.07, 6.45) is 0. The Hall–Kier alpha value is -1.85. The first-order valence-electron chi connectivity index (χ1n) is 7.28. The molecular formula is C18H17BrClNO3. The molecule has 0 aromatic heterocycles. The Morgan fingerprint density at radius 1 is 1.17 bits per heavy atom. The van der Waals surface area contributed by atoms with Crippen molar-refractivity contribution in [3.63, 3.8) is 0 Å². The van der Waals surface area contributed by atoms with Crippen molar-refractivity contribution in [2.75, 3.05) is 13.7 Å². The van der Waals surface area contributed by atoms with Gasteiger partial charge in [0.1, 0.15) is 5.75 Å². The topological polar surface area (TPSA) is 46.6 Å². The van der Waals surface area contributed by atoms with Gasteiger partial charge >= 0.3 is 0 Å². The molecule has 126 valence electrons. The smallest absolute Gasteiger partial charge is 0.260 e. The molecule has 24 heavy (non-hydrogen) atoms. The summed E-state index contributed by atoms with van der Waals surface area (Å²) in [7, 11) is 1.71. The number of Topliss-reactive ketones (excluding diaryl/α,β-unsaturated/α-hetero) is 1. The van der Waals surface area contributed by atoms with E-state index in [2.05, 4.69) is 15.9 Å². The molecule has 0 aliphatic rings. The molecule has 0 heterocycles. The van der Waals surface area contributed by atoms with Crippen LogP contribution in [0.1, 0.15) is 22.8 Å². The number of halogens is 2. The molecule has 0 atom stereocenters. The summed E-state index contributed by atoms with van der Waals surface area (Å²) in [5.74, 6) is 0.0165. The van der Waals surface area contributed by atoms with Gasteiger partial charge in [0.15, 0.2) is 12.4 Å². The van der Waals surface area contributed by atoms with Gasteiger partial charge in [0.25, 0.3) is 5.91 Å². The standard InChI is InChI=1S/C18H17BrClNO3/c1-12(22)16-9-15(20)7-8-17(16)24-11-18(23)21(2)10-13-3-5-14(19)6-4-13/h3-9H,10-11H2,1-2H3. The van der Waals surface area contributed by atoms with Gasteiger partial charge in [-0.05, 0) is 42.8 Å². The summed E-state index contributed by atoms with van der Waals surface area (Å²) >= 11 is 9.27. The van der Waals surface area contributed by atoms with Crippen LogP contribution in [-0.4, -0.2) is 30.2 Å². The second-order valence-corrected chi connectivity index (χ2v) is 6.71. The predicted molar refractivity (Wildman–Crippen MR) is 97.6 cm³/mol. The highest BCUT2D eigenvalue weighted by Crippen LogP contribution is 2.23. The number of hydrogen-bond acceptors (Lipinski definition) is 3. The first-order valence-corrected chi connectivity index (χ1v) is 8.45. The van der Waals surface area contributed by atoms with Crippen molar-refractivity contribution in [3.05, 3.63) is 63.1 Å². The van der Waals surface area contributed by atoms with E-state index in [1.54, 1.807) is 24.1 Å². The maximum Gasteiger partial charge on any atom is 0.260 e. The van der Waals surface area contributed by atoms with Gasteiger partial charge in [-0.15, -0.1) is 0 Å². The van der Waals surface area contributed by atoms with Gasteiger partial charge in [0.05, 0.1) is 5.56 Å². The van der Waals surface area contributed by atoms with E-state index in [9.17, 15) is 9.59 Å². The zero-order chi connectivity index (χ0) is 17.7. The number of ether oxygens (including phenoxy) is 1. The van der Waals surface area contributed by atoms with Crippen LogP contribution >= 0.6 is 27.5 Å². The molecule has 6 heteroatoms. The molecule has 4 nitrogen and oxygen atoms in total. The van der Waals surface area contributed by atoms with Gasteiger partial charge < -0.3 is 9.64 Å². The molecule has 2 aromatic carbocycles. The van der Waals surface area contributed by atoms with Crippen LogP contribution in [-0.2, 0) is 11.3 Å². The molecule has 0 radical (unpaired) electrons. The van der Waals surface area contributed by atoms with Gasteiger partial charge in [0, 0.05) is 23.1 Å². The molecule has 1 amide bonds. The highest BCUT2D eigenvalue weighted by Gasteiger charge is 2.14. The summed E-state index contributed by atoms with van der Waals surface area (Å²) in [4.78, 5) is 25.4. The summed E-state index contributed by atoms with van der Waals surface area (Å²) in [6.45, 7) is 1.77. The monoisotopic (exact) mass is 409 g/mol. The molecule has 0 N–H and O–H groups in total. The van der Waals surface area contributed by atoms with Crippen molar-refractivity contribution in [1.29, 1.82) is 0 Å². The van der Waals surface area contributed by atoms with E-state index in [1.165, 1.54) is 13.0 Å². The zero-order valence-corrected chi connectivity index (χ0v) is 15.7. The number of carbonyl (C=O) groups is 2. The summed E-state index contributed by atoms with van der Waals surface area (Å²) in [6, 6.07) is 12.5. The zero-order valence-electron chi connectivity index (χ0n) is 13.4. The number of amides is 1. The highest BCUT2D eigenvalue weighted by atomic mass is 79.9. The van der Waals surface area contributed by atoms with Gasteiger partial charge in [-0.1, -0.05) is 39.7 Å². The molecule has 2 rings (SSSR count). The van der Waals surface area contributed by atoms with Crippen LogP contribution in [0.5, 0.6) is 5.75 Å². The fourth-order valence-electron chi connectivity index (χ4n) is 2.10. The molecule has 0 saturated carbocycles. The van der Waals surface area contributed by atoms with E-state index < -0.39 is 0 Å². The average Bonchev–Trinajstić information content (AvgIpc) is 2.55. The number of hydrogen-bond donors (Lipinski definition) is 0. The van der Waals surface area contributed by atoms with Crippen molar-refractivity contribution >= 4 is 39.2 Å². The second-order valence-electron chi connectivity index (χ2n) is 5.36. The first-order chi connectivity index (χ1) is 11.4. The number of ketones is 1. The Morgan fingerprint density at radius 3 is 2.46 bits per heavy atom. The van der Waals surface area contributed by atoms with Crippen molar-refractivity contribution in [1.82, 2.24) is 4.90 Å². The Balaban J connectivity index is 1.97. The highest BCUT2D eigenvalue weighted by molar-refractivity contribution is 9.10. The molecular weight excluding hydrogens is 394 g/mol.